The topological polar surface area (TPSA) is 64.6 Å². The van der Waals surface area contributed by atoms with E-state index >= 15 is 0 Å². The van der Waals surface area contributed by atoms with Crippen molar-refractivity contribution in [2.24, 2.45) is 0 Å². The molecule has 0 aromatic heterocycles. The van der Waals surface area contributed by atoms with Crippen LogP contribution in [0, 0.1) is 0 Å². The van der Waals surface area contributed by atoms with E-state index in [0.717, 1.165) is 6.29 Å². The van der Waals surface area contributed by atoms with E-state index in [1.807, 2.05) is 36.4 Å². The van der Waals surface area contributed by atoms with Gasteiger partial charge in [0.2, 0.25) is 0 Å². The highest BCUT2D eigenvalue weighted by Gasteiger charge is 2.50. The largest absolute Gasteiger partial charge is 0.444 e. The fraction of sp³-hybridized carbons (Fsp3) is 0.440. The molecule has 1 amide bonds. The average molecular weight is 442 g/mol. The third-order valence-electron chi connectivity index (χ3n) is 5.03. The summed E-state index contributed by atoms with van der Waals surface area (Å²) in [6.07, 6.45) is 0.501. The zero-order chi connectivity index (χ0) is 23.1. The summed E-state index contributed by atoms with van der Waals surface area (Å²) in [4.78, 5) is 23.6. The number of hydrogen-bond acceptors (Lipinski definition) is 4. The Labute approximate surface area is 187 Å². The Morgan fingerprint density at radius 2 is 1.42 bits per heavy atom. The normalized spacial score (nSPS) is 13.4. The van der Waals surface area contributed by atoms with Crippen molar-refractivity contribution >= 4 is 31.1 Å². The molecular weight excluding hydrogens is 406 g/mol. The Bertz CT molecular complexity index is 802. The molecule has 0 saturated carbocycles. The van der Waals surface area contributed by atoms with Gasteiger partial charge in [0.25, 0.3) is 8.32 Å². The van der Waals surface area contributed by atoms with E-state index in [9.17, 15) is 9.59 Å². The molecule has 31 heavy (non-hydrogen) atoms. The second-order valence-corrected chi connectivity index (χ2v) is 14.0. The van der Waals surface area contributed by atoms with E-state index in [2.05, 4.69) is 50.4 Å². The molecule has 2 rings (SSSR count). The Balaban J connectivity index is 2.27. The summed E-state index contributed by atoms with van der Waals surface area (Å²) < 4.78 is 12.0. The van der Waals surface area contributed by atoms with Gasteiger partial charge in [0, 0.05) is 6.61 Å². The second-order valence-electron chi connectivity index (χ2n) is 9.69. The predicted octanol–water partition coefficient (Wildman–Crippen LogP) is 4.05. The molecule has 0 aliphatic heterocycles. The quantitative estimate of drug-likeness (QED) is 0.496. The van der Waals surface area contributed by atoms with Gasteiger partial charge in [-0.15, -0.1) is 0 Å². The minimum Gasteiger partial charge on any atom is -0.444 e. The van der Waals surface area contributed by atoms with Crippen molar-refractivity contribution in [2.45, 2.75) is 64.6 Å². The molecule has 0 fully saturated rings. The average Bonchev–Trinajstić information content (AvgIpc) is 2.69. The van der Waals surface area contributed by atoms with Crippen LogP contribution in [-0.4, -0.2) is 38.9 Å². The van der Waals surface area contributed by atoms with Gasteiger partial charge in [0.05, 0.1) is 6.04 Å². The van der Waals surface area contributed by atoms with Crippen molar-refractivity contribution < 1.29 is 18.8 Å². The first kappa shape index (κ1) is 24.8. The number of carbonyl (C=O) groups is 2. The van der Waals surface area contributed by atoms with Crippen molar-refractivity contribution in [2.75, 3.05) is 6.61 Å². The van der Waals surface area contributed by atoms with Crippen molar-refractivity contribution in [3.63, 3.8) is 0 Å². The summed E-state index contributed by atoms with van der Waals surface area (Å²) in [6.45, 7) is 12.3. The van der Waals surface area contributed by atoms with Crippen molar-refractivity contribution in [3.05, 3.63) is 60.7 Å². The molecule has 1 N–H and O–H groups in total. The van der Waals surface area contributed by atoms with E-state index in [4.69, 9.17) is 9.16 Å². The maximum Gasteiger partial charge on any atom is 0.408 e. The first-order chi connectivity index (χ1) is 14.5. The number of amides is 1. The molecule has 2 aromatic rings. The highest BCUT2D eigenvalue weighted by molar-refractivity contribution is 6.99. The van der Waals surface area contributed by atoms with E-state index in [-0.39, 0.29) is 5.04 Å². The Kier molecular flexibility index (Phi) is 8.20. The van der Waals surface area contributed by atoms with Crippen LogP contribution >= 0.6 is 0 Å². The third kappa shape index (κ3) is 6.52. The Morgan fingerprint density at radius 1 is 0.935 bits per heavy atom. The number of nitrogens with one attached hydrogen (secondary N) is 1. The Morgan fingerprint density at radius 3 is 1.81 bits per heavy atom. The van der Waals surface area contributed by atoms with Crippen molar-refractivity contribution in [1.29, 1.82) is 0 Å². The van der Waals surface area contributed by atoms with E-state index < -0.39 is 26.1 Å². The molecule has 0 heterocycles. The third-order valence-corrected chi connectivity index (χ3v) is 10.1. The smallest absolute Gasteiger partial charge is 0.408 e. The molecule has 0 unspecified atom stereocenters. The lowest BCUT2D eigenvalue weighted by Gasteiger charge is -2.43. The van der Waals surface area contributed by atoms with Crippen LogP contribution in [0.4, 0.5) is 4.79 Å². The summed E-state index contributed by atoms with van der Waals surface area (Å²) in [5.74, 6) is 0. The molecule has 6 heteroatoms. The molecule has 5 nitrogen and oxygen atoms in total. The number of benzene rings is 2. The highest BCUT2D eigenvalue weighted by atomic mass is 28.4. The van der Waals surface area contributed by atoms with E-state index in [0.29, 0.717) is 13.0 Å². The lowest BCUT2D eigenvalue weighted by molar-refractivity contribution is -0.109. The molecule has 0 bridgehead atoms. The fourth-order valence-corrected chi connectivity index (χ4v) is 8.31. The Hall–Kier alpha value is -2.44. The van der Waals surface area contributed by atoms with Crippen LogP contribution in [0.3, 0.4) is 0 Å². The molecule has 0 aliphatic rings. The summed E-state index contributed by atoms with van der Waals surface area (Å²) >= 11 is 0. The molecular formula is C25H35NO4Si. The zero-order valence-corrected chi connectivity index (χ0v) is 20.5. The van der Waals surface area contributed by atoms with Gasteiger partial charge >= 0.3 is 6.09 Å². The number of hydrogen-bond donors (Lipinski definition) is 1. The lowest BCUT2D eigenvalue weighted by atomic mass is 10.2. The first-order valence-electron chi connectivity index (χ1n) is 10.7. The fourth-order valence-electron chi connectivity index (χ4n) is 3.73. The second kappa shape index (κ2) is 10.2. The summed E-state index contributed by atoms with van der Waals surface area (Å²) in [5, 5.41) is 4.84. The standard InChI is InChI=1S/C25H35NO4Si/c1-24(2,3)30-23(28)26-20(19-27)17-18-29-31(25(4,5)6,21-13-9-7-10-14-21)22-15-11-8-12-16-22/h7-16,19-20H,17-18H2,1-6H3,(H,26,28)/t20-/m0/s1. The van der Waals surface area contributed by atoms with Gasteiger partial charge in [0.15, 0.2) is 0 Å². The predicted molar refractivity (Wildman–Crippen MR) is 127 cm³/mol. The SMILES string of the molecule is CC(C)(C)OC(=O)N[C@H](C=O)CCO[Si](c1ccccc1)(c1ccccc1)C(C)(C)C. The molecule has 0 saturated heterocycles. The van der Waals surface area contributed by atoms with Crippen LogP contribution in [0.2, 0.25) is 5.04 Å². The molecule has 0 radical (unpaired) electrons. The number of carbonyl (C=O) groups excluding carboxylic acids is 2. The molecule has 0 aliphatic carbocycles. The monoisotopic (exact) mass is 441 g/mol. The van der Waals surface area contributed by atoms with Gasteiger partial charge in [0.1, 0.15) is 11.9 Å². The summed E-state index contributed by atoms with van der Waals surface area (Å²) in [7, 11) is -2.67. The van der Waals surface area contributed by atoms with Crippen LogP contribution in [0.25, 0.3) is 0 Å². The molecule has 1 atom stereocenters. The molecule has 0 spiro atoms. The maximum absolute atomic E-state index is 12.1. The number of aldehydes is 1. The van der Waals surface area contributed by atoms with Crippen molar-refractivity contribution in [1.82, 2.24) is 5.32 Å². The van der Waals surface area contributed by atoms with Gasteiger partial charge in [-0.2, -0.15) is 0 Å². The number of rotatable bonds is 8. The van der Waals surface area contributed by atoms with Gasteiger partial charge in [-0.05, 0) is 42.6 Å². The maximum atomic E-state index is 12.1. The van der Waals surface area contributed by atoms with E-state index in [1.54, 1.807) is 20.8 Å². The van der Waals surface area contributed by atoms with E-state index in [1.165, 1.54) is 10.4 Å². The molecule has 2 aromatic carbocycles. The zero-order valence-electron chi connectivity index (χ0n) is 19.5. The van der Waals surface area contributed by atoms with Crippen LogP contribution in [0.5, 0.6) is 0 Å². The van der Waals surface area contributed by atoms with Gasteiger partial charge in [-0.3, -0.25) is 0 Å². The lowest BCUT2D eigenvalue weighted by Crippen LogP contribution is -2.66. The van der Waals surface area contributed by atoms with Gasteiger partial charge < -0.3 is 19.3 Å². The van der Waals surface area contributed by atoms with Gasteiger partial charge in [-0.25, -0.2) is 4.79 Å². The summed E-state index contributed by atoms with van der Waals surface area (Å²) in [5.41, 5.74) is -0.622. The first-order valence-corrected chi connectivity index (χ1v) is 12.6. The number of alkyl carbamates (subject to hydrolysis) is 1. The van der Waals surface area contributed by atoms with Crippen LogP contribution < -0.4 is 15.7 Å². The number of ether oxygens (including phenoxy) is 1. The summed E-state index contributed by atoms with van der Waals surface area (Å²) in [6, 6.07) is 20.0. The van der Waals surface area contributed by atoms with Gasteiger partial charge in [-0.1, -0.05) is 81.4 Å². The van der Waals surface area contributed by atoms with Crippen LogP contribution in [0.15, 0.2) is 60.7 Å². The molecule has 168 valence electrons. The van der Waals surface area contributed by atoms with Crippen LogP contribution in [-0.2, 0) is 14.0 Å². The van der Waals surface area contributed by atoms with Crippen molar-refractivity contribution in [3.8, 4) is 0 Å². The highest BCUT2D eigenvalue weighted by Crippen LogP contribution is 2.36. The minimum absolute atomic E-state index is 0.148. The minimum atomic E-state index is -2.67. The van der Waals surface area contributed by atoms with Crippen LogP contribution in [0.1, 0.15) is 48.0 Å².